The van der Waals surface area contributed by atoms with Gasteiger partial charge in [-0.2, -0.15) is 0 Å². The molecule has 0 aliphatic carbocycles. The third-order valence-corrected chi connectivity index (χ3v) is 7.85. The van der Waals surface area contributed by atoms with Crippen molar-refractivity contribution < 1.29 is 33.8 Å². The van der Waals surface area contributed by atoms with Gasteiger partial charge in [-0.05, 0) is 71.9 Å². The van der Waals surface area contributed by atoms with E-state index in [0.29, 0.717) is 18.4 Å². The molecule has 0 saturated heterocycles. The number of carbonyl (C=O) groups is 4. The number of unbranched alkanes of at least 4 members (excludes halogenated alkanes) is 2. The lowest BCUT2D eigenvalue weighted by Gasteiger charge is -2.37. The molecule has 0 spiro atoms. The summed E-state index contributed by atoms with van der Waals surface area (Å²) < 4.78 is 11.2. The van der Waals surface area contributed by atoms with E-state index in [2.05, 4.69) is 10.6 Å². The Balaban J connectivity index is 2.70. The SMILES string of the molecule is CCCCCN(C(=O)C(NC(=O)OC(C)(C)C)C(C)CC)C(C(=O)NC(Cc1ccccc1)C(=O)OC(C)(C)C)c1cccc(C)c1O. The second kappa shape index (κ2) is 17.9. The first-order chi connectivity index (χ1) is 22.4. The molecular weight excluding hydrogens is 610 g/mol. The molecule has 0 aliphatic heterocycles. The predicted octanol–water partition coefficient (Wildman–Crippen LogP) is 6.77. The molecule has 0 aromatic heterocycles. The summed E-state index contributed by atoms with van der Waals surface area (Å²) in [5.41, 5.74) is -0.0778. The molecule has 0 heterocycles. The van der Waals surface area contributed by atoms with Crippen molar-refractivity contribution in [3.8, 4) is 5.75 Å². The third-order valence-electron chi connectivity index (χ3n) is 7.85. The molecule has 0 aliphatic rings. The van der Waals surface area contributed by atoms with Crippen LogP contribution in [0.2, 0.25) is 0 Å². The molecule has 4 unspecified atom stereocenters. The molecule has 0 radical (unpaired) electrons. The Morgan fingerprint density at radius 1 is 0.854 bits per heavy atom. The number of esters is 1. The molecule has 48 heavy (non-hydrogen) atoms. The van der Waals surface area contributed by atoms with Crippen LogP contribution in [0.3, 0.4) is 0 Å². The highest BCUT2D eigenvalue weighted by atomic mass is 16.6. The van der Waals surface area contributed by atoms with E-state index in [0.717, 1.165) is 18.4 Å². The third kappa shape index (κ3) is 12.5. The molecule has 3 amide bonds. The maximum atomic E-state index is 14.7. The summed E-state index contributed by atoms with van der Waals surface area (Å²) in [5.74, 6) is -2.24. The van der Waals surface area contributed by atoms with Gasteiger partial charge in [0.25, 0.3) is 0 Å². The summed E-state index contributed by atoms with van der Waals surface area (Å²) in [6, 6.07) is 10.8. The fourth-order valence-electron chi connectivity index (χ4n) is 5.21. The average Bonchev–Trinajstić information content (AvgIpc) is 2.99. The second-order valence-electron chi connectivity index (χ2n) is 14.4. The number of aryl methyl sites for hydroxylation is 1. The molecule has 0 fully saturated rings. The van der Waals surface area contributed by atoms with E-state index in [1.807, 2.05) is 51.1 Å². The average molecular weight is 668 g/mol. The van der Waals surface area contributed by atoms with Gasteiger partial charge in [0.1, 0.15) is 35.1 Å². The first-order valence-corrected chi connectivity index (χ1v) is 17.0. The number of nitrogens with zero attached hydrogens (tertiary/aromatic N) is 1. The molecule has 10 nitrogen and oxygen atoms in total. The van der Waals surface area contributed by atoms with Gasteiger partial charge in [0, 0.05) is 18.5 Å². The minimum absolute atomic E-state index is 0.136. The van der Waals surface area contributed by atoms with Crippen LogP contribution in [0.15, 0.2) is 48.5 Å². The van der Waals surface area contributed by atoms with E-state index in [1.54, 1.807) is 66.7 Å². The summed E-state index contributed by atoms with van der Waals surface area (Å²) in [6.07, 6.45) is 2.16. The zero-order valence-electron chi connectivity index (χ0n) is 30.5. The van der Waals surface area contributed by atoms with Gasteiger partial charge in [0.15, 0.2) is 0 Å². The van der Waals surface area contributed by atoms with E-state index in [9.17, 15) is 24.3 Å². The van der Waals surface area contributed by atoms with Crippen molar-refractivity contribution in [3.63, 3.8) is 0 Å². The Labute approximate surface area is 287 Å². The maximum Gasteiger partial charge on any atom is 0.408 e. The lowest BCUT2D eigenvalue weighted by atomic mass is 9.94. The van der Waals surface area contributed by atoms with Crippen LogP contribution in [0.25, 0.3) is 0 Å². The number of amides is 3. The monoisotopic (exact) mass is 667 g/mol. The van der Waals surface area contributed by atoms with E-state index >= 15 is 0 Å². The van der Waals surface area contributed by atoms with Crippen LogP contribution in [-0.2, 0) is 30.3 Å². The van der Waals surface area contributed by atoms with Crippen molar-refractivity contribution in [2.75, 3.05) is 6.54 Å². The van der Waals surface area contributed by atoms with Crippen LogP contribution in [0, 0.1) is 12.8 Å². The lowest BCUT2D eigenvalue weighted by Crippen LogP contribution is -2.56. The summed E-state index contributed by atoms with van der Waals surface area (Å²) in [5, 5.41) is 17.0. The quantitative estimate of drug-likeness (QED) is 0.141. The van der Waals surface area contributed by atoms with Gasteiger partial charge >= 0.3 is 12.1 Å². The molecule has 3 N–H and O–H groups in total. The Bertz CT molecular complexity index is 1360. The number of rotatable bonds is 15. The van der Waals surface area contributed by atoms with Crippen molar-refractivity contribution >= 4 is 23.9 Å². The van der Waals surface area contributed by atoms with E-state index in [4.69, 9.17) is 9.47 Å². The zero-order chi connectivity index (χ0) is 36.2. The summed E-state index contributed by atoms with van der Waals surface area (Å²) in [6.45, 7) is 18.1. The lowest BCUT2D eigenvalue weighted by molar-refractivity contribution is -0.159. The van der Waals surface area contributed by atoms with Crippen LogP contribution in [0.5, 0.6) is 5.75 Å². The number of phenols is 1. The van der Waals surface area contributed by atoms with E-state index in [-0.39, 0.29) is 30.2 Å². The molecule has 266 valence electrons. The predicted molar refractivity (Wildman–Crippen MR) is 187 cm³/mol. The van der Waals surface area contributed by atoms with Crippen LogP contribution in [0.4, 0.5) is 4.79 Å². The smallest absolute Gasteiger partial charge is 0.408 e. The van der Waals surface area contributed by atoms with Crippen LogP contribution in [0.1, 0.15) is 111 Å². The molecule has 0 bridgehead atoms. The van der Waals surface area contributed by atoms with Gasteiger partial charge in [-0.1, -0.05) is 88.6 Å². The van der Waals surface area contributed by atoms with Gasteiger partial charge in [-0.15, -0.1) is 0 Å². The Hall–Kier alpha value is -4.08. The number of aromatic hydroxyl groups is 1. The molecule has 2 aromatic carbocycles. The normalized spacial score (nSPS) is 14.2. The van der Waals surface area contributed by atoms with Crippen LogP contribution < -0.4 is 10.6 Å². The molecule has 2 aromatic rings. The van der Waals surface area contributed by atoms with Crippen LogP contribution in [-0.4, -0.2) is 63.7 Å². The van der Waals surface area contributed by atoms with Gasteiger partial charge in [0.05, 0.1) is 0 Å². The molecule has 0 saturated carbocycles. The van der Waals surface area contributed by atoms with Crippen molar-refractivity contribution in [1.82, 2.24) is 15.5 Å². The largest absolute Gasteiger partial charge is 0.507 e. The first-order valence-electron chi connectivity index (χ1n) is 17.0. The fraction of sp³-hybridized carbons (Fsp3) is 0.579. The van der Waals surface area contributed by atoms with Gasteiger partial charge in [-0.3, -0.25) is 9.59 Å². The number of benzene rings is 2. The second-order valence-corrected chi connectivity index (χ2v) is 14.4. The topological polar surface area (TPSA) is 134 Å². The summed E-state index contributed by atoms with van der Waals surface area (Å²) >= 11 is 0. The number of hydrogen-bond donors (Lipinski definition) is 3. The molecule has 10 heteroatoms. The van der Waals surface area contributed by atoms with Crippen LogP contribution >= 0.6 is 0 Å². The number of ether oxygens (including phenoxy) is 2. The minimum Gasteiger partial charge on any atom is -0.507 e. The first kappa shape index (κ1) is 40.1. The van der Waals surface area contributed by atoms with Gasteiger partial charge in [0.2, 0.25) is 11.8 Å². The van der Waals surface area contributed by atoms with Crippen molar-refractivity contribution in [3.05, 3.63) is 65.2 Å². The van der Waals surface area contributed by atoms with E-state index in [1.165, 1.54) is 4.90 Å². The number of carbonyl (C=O) groups excluding carboxylic acids is 4. The van der Waals surface area contributed by atoms with Gasteiger partial charge in [-0.25, -0.2) is 9.59 Å². The Kier molecular flexibility index (Phi) is 14.9. The zero-order valence-corrected chi connectivity index (χ0v) is 30.5. The number of alkyl carbamates (subject to hydrolysis) is 1. The van der Waals surface area contributed by atoms with Crippen molar-refractivity contribution in [2.24, 2.45) is 5.92 Å². The highest BCUT2D eigenvalue weighted by Crippen LogP contribution is 2.33. The standard InChI is InChI=1S/C38H57N3O7/c1-11-13-17-23-41(34(44)30(25(3)12-2)40-36(46)48-38(8,9)10)31(28-22-18-19-26(4)32(28)42)33(43)39-29(35(45)47-37(5,6)7)24-27-20-15-14-16-21-27/h14-16,18-22,25,29-31,42H,11-13,17,23-24H2,1-10H3,(H,39,43)(H,40,46). The van der Waals surface area contributed by atoms with Gasteiger partial charge < -0.3 is 30.1 Å². The van der Waals surface area contributed by atoms with Crippen molar-refractivity contribution in [2.45, 2.75) is 131 Å². The van der Waals surface area contributed by atoms with Crippen molar-refractivity contribution in [1.29, 1.82) is 0 Å². The summed E-state index contributed by atoms with van der Waals surface area (Å²) in [7, 11) is 0. The number of nitrogens with one attached hydrogen (secondary N) is 2. The minimum atomic E-state index is -1.33. The van der Waals surface area contributed by atoms with E-state index < -0.39 is 53.2 Å². The fourth-order valence-corrected chi connectivity index (χ4v) is 5.21. The highest BCUT2D eigenvalue weighted by Gasteiger charge is 2.40. The molecule has 4 atom stereocenters. The molecular formula is C38H57N3O7. The highest BCUT2D eigenvalue weighted by molar-refractivity contribution is 5.94. The number of para-hydroxylation sites is 1. The molecule has 2 rings (SSSR count). The number of phenolic OH excluding ortho intramolecular Hbond substituents is 1. The Morgan fingerprint density at radius 3 is 2.04 bits per heavy atom. The summed E-state index contributed by atoms with van der Waals surface area (Å²) in [4.78, 5) is 57.2. The Morgan fingerprint density at radius 2 is 1.48 bits per heavy atom. The number of hydrogen-bond acceptors (Lipinski definition) is 7. The maximum absolute atomic E-state index is 14.7.